The van der Waals surface area contributed by atoms with E-state index in [2.05, 4.69) is 34.5 Å². The van der Waals surface area contributed by atoms with E-state index >= 15 is 0 Å². The van der Waals surface area contributed by atoms with E-state index in [0.717, 1.165) is 12.1 Å². The van der Waals surface area contributed by atoms with Gasteiger partial charge in [-0.05, 0) is 30.2 Å². The fourth-order valence-electron chi connectivity index (χ4n) is 2.31. The molecule has 3 rings (SSSR count). The van der Waals surface area contributed by atoms with Gasteiger partial charge >= 0.3 is 0 Å². The van der Waals surface area contributed by atoms with Crippen LogP contribution in [0.15, 0.2) is 42.9 Å². The number of nitrogens with zero attached hydrogens (tertiary/aromatic N) is 5. The summed E-state index contributed by atoms with van der Waals surface area (Å²) >= 11 is 0. The molecule has 0 aliphatic carbocycles. The average molecular weight is 342 g/mol. The maximum Gasteiger partial charge on any atom is 0.273 e. The average Bonchev–Trinajstić information content (AvgIpc) is 3.22. The first kappa shape index (κ1) is 16.8. The minimum atomic E-state index is -0.341. The first-order valence-electron chi connectivity index (χ1n) is 7.99. The van der Waals surface area contributed by atoms with Crippen molar-refractivity contribution in [3.8, 4) is 5.69 Å². The highest BCUT2D eigenvalue weighted by Crippen LogP contribution is 2.07. The Labute approximate surface area is 144 Å². The molecule has 2 heterocycles. The second-order valence-electron chi connectivity index (χ2n) is 6.14. The molecule has 0 saturated heterocycles. The van der Waals surface area contributed by atoms with Gasteiger partial charge in [0.2, 0.25) is 0 Å². The summed E-state index contributed by atoms with van der Waals surface area (Å²) in [5, 5.41) is 15.2. The number of halogens is 1. The first-order valence-corrected chi connectivity index (χ1v) is 7.99. The highest BCUT2D eigenvalue weighted by molar-refractivity contribution is 5.91. The Hall–Kier alpha value is -3.03. The number of nitrogens with one attached hydrogen (secondary N) is 1. The monoisotopic (exact) mass is 342 g/mol. The minimum absolute atomic E-state index is 0.193. The van der Waals surface area contributed by atoms with E-state index in [1.807, 2.05) is 10.9 Å². The van der Waals surface area contributed by atoms with Crippen LogP contribution >= 0.6 is 0 Å². The normalized spacial score (nSPS) is 11.0. The Morgan fingerprint density at radius 1 is 1.20 bits per heavy atom. The fraction of sp³-hybridized carbons (Fsp3) is 0.294. The van der Waals surface area contributed by atoms with Gasteiger partial charge in [-0.25, -0.2) is 4.39 Å². The minimum Gasteiger partial charge on any atom is -0.346 e. The number of aromatic nitrogens is 5. The topological polar surface area (TPSA) is 77.6 Å². The van der Waals surface area contributed by atoms with Gasteiger partial charge in [0.15, 0.2) is 5.69 Å². The van der Waals surface area contributed by atoms with Crippen LogP contribution in [0, 0.1) is 11.7 Å². The van der Waals surface area contributed by atoms with Crippen LogP contribution in [0.3, 0.4) is 0 Å². The molecular weight excluding hydrogens is 323 g/mol. The van der Waals surface area contributed by atoms with Gasteiger partial charge in [0.25, 0.3) is 5.91 Å². The molecule has 0 atom stereocenters. The SMILES string of the molecule is CC(C)Cn1cc(CNC(=O)c2cnn(-c3ccc(F)cc3)n2)cn1. The third-order valence-electron chi connectivity index (χ3n) is 3.47. The summed E-state index contributed by atoms with van der Waals surface area (Å²) in [6.45, 7) is 5.43. The quantitative estimate of drug-likeness (QED) is 0.745. The molecule has 7 nitrogen and oxygen atoms in total. The Kier molecular flexibility index (Phi) is 4.87. The van der Waals surface area contributed by atoms with Gasteiger partial charge in [-0.15, -0.1) is 5.10 Å². The van der Waals surface area contributed by atoms with Gasteiger partial charge in [0.05, 0.1) is 18.1 Å². The summed E-state index contributed by atoms with van der Waals surface area (Å²) < 4.78 is 14.8. The Bertz CT molecular complexity index is 852. The summed E-state index contributed by atoms with van der Waals surface area (Å²) in [6.07, 6.45) is 5.02. The lowest BCUT2D eigenvalue weighted by Gasteiger charge is -2.03. The maximum atomic E-state index is 12.9. The van der Waals surface area contributed by atoms with Crippen LogP contribution in [0.25, 0.3) is 5.69 Å². The number of hydrogen-bond acceptors (Lipinski definition) is 4. The van der Waals surface area contributed by atoms with Gasteiger partial charge in [0, 0.05) is 24.8 Å². The summed E-state index contributed by atoms with van der Waals surface area (Å²) in [7, 11) is 0. The molecule has 1 aromatic carbocycles. The molecule has 130 valence electrons. The van der Waals surface area contributed by atoms with Crippen molar-refractivity contribution in [1.29, 1.82) is 0 Å². The highest BCUT2D eigenvalue weighted by atomic mass is 19.1. The molecule has 2 aromatic heterocycles. The Morgan fingerprint density at radius 3 is 2.68 bits per heavy atom. The summed E-state index contributed by atoms with van der Waals surface area (Å²) in [5.41, 5.74) is 1.69. The Morgan fingerprint density at radius 2 is 1.96 bits per heavy atom. The van der Waals surface area contributed by atoms with E-state index in [-0.39, 0.29) is 17.4 Å². The fourth-order valence-corrected chi connectivity index (χ4v) is 2.31. The summed E-state index contributed by atoms with van der Waals surface area (Å²) in [4.78, 5) is 13.5. The van der Waals surface area contributed by atoms with Crippen LogP contribution in [0.5, 0.6) is 0 Å². The van der Waals surface area contributed by atoms with Gasteiger partial charge in [-0.1, -0.05) is 13.8 Å². The van der Waals surface area contributed by atoms with E-state index in [9.17, 15) is 9.18 Å². The third-order valence-corrected chi connectivity index (χ3v) is 3.47. The van der Waals surface area contributed by atoms with E-state index in [1.54, 1.807) is 18.3 Å². The molecule has 0 spiro atoms. The lowest BCUT2D eigenvalue weighted by atomic mass is 10.2. The number of carbonyl (C=O) groups is 1. The molecular formula is C17H19FN6O. The zero-order valence-electron chi connectivity index (χ0n) is 14.1. The molecule has 0 aliphatic rings. The van der Waals surface area contributed by atoms with E-state index < -0.39 is 0 Å². The number of amides is 1. The van der Waals surface area contributed by atoms with Gasteiger partial charge in [-0.2, -0.15) is 15.0 Å². The van der Waals surface area contributed by atoms with E-state index in [1.165, 1.54) is 23.1 Å². The predicted molar refractivity (Wildman–Crippen MR) is 89.6 cm³/mol. The maximum absolute atomic E-state index is 12.9. The molecule has 0 aliphatic heterocycles. The van der Waals surface area contributed by atoms with Gasteiger partial charge in [-0.3, -0.25) is 9.48 Å². The lowest BCUT2D eigenvalue weighted by molar-refractivity contribution is 0.0945. The zero-order chi connectivity index (χ0) is 17.8. The number of rotatable bonds is 6. The van der Waals surface area contributed by atoms with Crippen molar-refractivity contribution in [3.05, 3.63) is 59.9 Å². The van der Waals surface area contributed by atoms with Crippen LogP contribution in [-0.2, 0) is 13.1 Å². The molecule has 3 aromatic rings. The molecule has 0 bridgehead atoms. The molecule has 0 unspecified atom stereocenters. The van der Waals surface area contributed by atoms with E-state index in [0.29, 0.717) is 18.2 Å². The van der Waals surface area contributed by atoms with Crippen molar-refractivity contribution in [1.82, 2.24) is 30.1 Å². The largest absolute Gasteiger partial charge is 0.346 e. The predicted octanol–water partition coefficient (Wildman–Crippen LogP) is 2.19. The molecule has 1 amide bonds. The summed E-state index contributed by atoms with van der Waals surface area (Å²) in [5.74, 6) is -0.166. The molecule has 0 saturated carbocycles. The Balaban J connectivity index is 1.60. The summed E-state index contributed by atoms with van der Waals surface area (Å²) in [6, 6.07) is 5.71. The van der Waals surface area contributed by atoms with Crippen molar-refractivity contribution in [2.24, 2.45) is 5.92 Å². The number of benzene rings is 1. The van der Waals surface area contributed by atoms with Crippen LogP contribution in [0.4, 0.5) is 4.39 Å². The van der Waals surface area contributed by atoms with Crippen LogP contribution in [0.1, 0.15) is 29.9 Å². The molecule has 1 N–H and O–H groups in total. The second-order valence-corrected chi connectivity index (χ2v) is 6.14. The second kappa shape index (κ2) is 7.25. The van der Waals surface area contributed by atoms with Crippen molar-refractivity contribution >= 4 is 5.91 Å². The molecule has 0 fully saturated rings. The lowest BCUT2D eigenvalue weighted by Crippen LogP contribution is -2.23. The first-order chi connectivity index (χ1) is 12.0. The molecule has 0 radical (unpaired) electrons. The molecule has 25 heavy (non-hydrogen) atoms. The van der Waals surface area contributed by atoms with Crippen molar-refractivity contribution in [3.63, 3.8) is 0 Å². The van der Waals surface area contributed by atoms with Crippen molar-refractivity contribution in [2.75, 3.05) is 0 Å². The smallest absolute Gasteiger partial charge is 0.273 e. The van der Waals surface area contributed by atoms with E-state index in [4.69, 9.17) is 0 Å². The molecule has 8 heteroatoms. The standard InChI is InChI=1S/C17H19FN6O/c1-12(2)10-23-11-13(8-20-23)7-19-17(25)16-9-21-24(22-16)15-5-3-14(18)4-6-15/h3-6,8-9,11-12H,7,10H2,1-2H3,(H,19,25). The number of carbonyl (C=O) groups excluding carboxylic acids is 1. The van der Waals surface area contributed by atoms with Crippen molar-refractivity contribution < 1.29 is 9.18 Å². The number of hydrogen-bond donors (Lipinski definition) is 1. The van der Waals surface area contributed by atoms with Gasteiger partial charge in [0.1, 0.15) is 5.82 Å². The zero-order valence-corrected chi connectivity index (χ0v) is 14.1. The van der Waals surface area contributed by atoms with Crippen molar-refractivity contribution in [2.45, 2.75) is 26.9 Å². The van der Waals surface area contributed by atoms with Crippen LogP contribution in [-0.4, -0.2) is 30.7 Å². The van der Waals surface area contributed by atoms with Crippen LogP contribution < -0.4 is 5.32 Å². The third kappa shape index (κ3) is 4.28. The van der Waals surface area contributed by atoms with Crippen LogP contribution in [0.2, 0.25) is 0 Å². The highest BCUT2D eigenvalue weighted by Gasteiger charge is 2.12. The van der Waals surface area contributed by atoms with Gasteiger partial charge < -0.3 is 5.32 Å².